The summed E-state index contributed by atoms with van der Waals surface area (Å²) in [5.74, 6) is 1.87. The number of nitrogens with zero attached hydrogens (tertiary/aromatic N) is 1. The highest BCUT2D eigenvalue weighted by Crippen LogP contribution is 2.39. The van der Waals surface area contributed by atoms with Crippen LogP contribution in [0.4, 0.5) is 0 Å². The molecule has 1 aliphatic heterocycles. The van der Waals surface area contributed by atoms with Crippen molar-refractivity contribution in [1.82, 2.24) is 9.97 Å². The highest BCUT2D eigenvalue weighted by atomic mass is 16.5. The monoisotopic (exact) mass is 243 g/mol. The molecule has 0 saturated carbocycles. The van der Waals surface area contributed by atoms with Crippen LogP contribution >= 0.6 is 0 Å². The molecule has 94 valence electrons. The molecule has 4 nitrogen and oxygen atoms in total. The Morgan fingerprint density at radius 1 is 1.44 bits per heavy atom. The van der Waals surface area contributed by atoms with E-state index in [4.69, 9.17) is 10.5 Å². The molecule has 0 amide bonds. The minimum absolute atomic E-state index is 0.101. The maximum Gasteiger partial charge on any atom is 0.132 e. The van der Waals surface area contributed by atoms with Gasteiger partial charge in [-0.05, 0) is 31.0 Å². The van der Waals surface area contributed by atoms with Crippen molar-refractivity contribution in [3.8, 4) is 17.0 Å². The summed E-state index contributed by atoms with van der Waals surface area (Å²) in [6.45, 7) is 4.60. The summed E-state index contributed by atoms with van der Waals surface area (Å²) in [5.41, 5.74) is 10.3. The molecule has 0 fully saturated rings. The third-order valence-electron chi connectivity index (χ3n) is 3.30. The van der Waals surface area contributed by atoms with E-state index in [1.807, 2.05) is 13.1 Å². The van der Waals surface area contributed by atoms with Crippen molar-refractivity contribution in [3.63, 3.8) is 0 Å². The largest absolute Gasteiger partial charge is 0.488 e. The van der Waals surface area contributed by atoms with Crippen LogP contribution in [0.5, 0.6) is 5.75 Å². The van der Waals surface area contributed by atoms with Gasteiger partial charge >= 0.3 is 0 Å². The van der Waals surface area contributed by atoms with Crippen molar-refractivity contribution in [2.75, 3.05) is 6.54 Å². The SMILES string of the molecule is Cc1cc2c(c(-c3cnc(C)[nH]3)c1)OC(CN)C2. The first-order chi connectivity index (χ1) is 8.67. The predicted octanol–water partition coefficient (Wildman–Crippen LogP) is 1.96. The molecule has 1 aromatic heterocycles. The van der Waals surface area contributed by atoms with Crippen LogP contribution in [0.3, 0.4) is 0 Å². The van der Waals surface area contributed by atoms with Gasteiger partial charge in [0.25, 0.3) is 0 Å². The van der Waals surface area contributed by atoms with E-state index in [1.165, 1.54) is 11.1 Å². The number of aromatic amines is 1. The lowest BCUT2D eigenvalue weighted by Gasteiger charge is -2.10. The third-order valence-corrected chi connectivity index (χ3v) is 3.30. The Morgan fingerprint density at radius 3 is 2.94 bits per heavy atom. The second-order valence-corrected chi connectivity index (χ2v) is 4.86. The van der Waals surface area contributed by atoms with Gasteiger partial charge in [-0.15, -0.1) is 0 Å². The van der Waals surface area contributed by atoms with Crippen LogP contribution in [0.25, 0.3) is 11.3 Å². The molecular formula is C14H17N3O. The normalized spacial score (nSPS) is 17.6. The van der Waals surface area contributed by atoms with Crippen LogP contribution in [0.2, 0.25) is 0 Å². The van der Waals surface area contributed by atoms with Crippen molar-refractivity contribution in [1.29, 1.82) is 0 Å². The molecule has 2 aromatic rings. The molecular weight excluding hydrogens is 226 g/mol. The van der Waals surface area contributed by atoms with Crippen molar-refractivity contribution >= 4 is 0 Å². The van der Waals surface area contributed by atoms with Crippen molar-refractivity contribution < 1.29 is 4.74 Å². The summed E-state index contributed by atoms with van der Waals surface area (Å²) in [7, 11) is 0. The molecule has 3 rings (SSSR count). The number of rotatable bonds is 2. The molecule has 0 spiro atoms. The number of H-pyrrole nitrogens is 1. The fraction of sp³-hybridized carbons (Fsp3) is 0.357. The van der Waals surface area contributed by atoms with E-state index in [0.29, 0.717) is 6.54 Å². The molecule has 0 saturated heterocycles. The minimum atomic E-state index is 0.101. The van der Waals surface area contributed by atoms with Crippen LogP contribution in [0, 0.1) is 13.8 Å². The number of aromatic nitrogens is 2. The summed E-state index contributed by atoms with van der Waals surface area (Å²) >= 11 is 0. The standard InChI is InChI=1S/C14H17N3O/c1-8-3-10-5-11(6-15)18-14(10)12(4-8)13-7-16-9(2)17-13/h3-4,7,11H,5-6,15H2,1-2H3,(H,16,17). The molecule has 4 heteroatoms. The van der Waals surface area contributed by atoms with E-state index < -0.39 is 0 Å². The number of hydrogen-bond acceptors (Lipinski definition) is 3. The Hall–Kier alpha value is -1.81. The van der Waals surface area contributed by atoms with Gasteiger partial charge in [-0.1, -0.05) is 6.07 Å². The lowest BCUT2D eigenvalue weighted by atomic mass is 10.0. The lowest BCUT2D eigenvalue weighted by molar-refractivity contribution is 0.242. The molecule has 1 aliphatic rings. The van der Waals surface area contributed by atoms with Crippen LogP contribution in [0.15, 0.2) is 18.3 Å². The Morgan fingerprint density at radius 2 is 2.28 bits per heavy atom. The zero-order valence-corrected chi connectivity index (χ0v) is 10.7. The average molecular weight is 243 g/mol. The third kappa shape index (κ3) is 1.78. The molecule has 0 aliphatic carbocycles. The van der Waals surface area contributed by atoms with Crippen LogP contribution in [-0.4, -0.2) is 22.6 Å². The van der Waals surface area contributed by atoms with E-state index in [-0.39, 0.29) is 6.10 Å². The second kappa shape index (κ2) is 4.14. The predicted molar refractivity (Wildman–Crippen MR) is 70.7 cm³/mol. The van der Waals surface area contributed by atoms with E-state index in [0.717, 1.165) is 29.3 Å². The fourth-order valence-corrected chi connectivity index (χ4v) is 2.48. The van der Waals surface area contributed by atoms with Crippen molar-refractivity contribution in [3.05, 3.63) is 35.3 Å². The van der Waals surface area contributed by atoms with Crippen molar-refractivity contribution in [2.24, 2.45) is 5.73 Å². The zero-order valence-electron chi connectivity index (χ0n) is 10.7. The fourth-order valence-electron chi connectivity index (χ4n) is 2.48. The van der Waals surface area contributed by atoms with Crippen LogP contribution in [0.1, 0.15) is 17.0 Å². The number of ether oxygens (including phenoxy) is 1. The second-order valence-electron chi connectivity index (χ2n) is 4.86. The molecule has 1 aromatic carbocycles. The molecule has 1 unspecified atom stereocenters. The van der Waals surface area contributed by atoms with E-state index in [2.05, 4.69) is 29.0 Å². The van der Waals surface area contributed by atoms with Crippen LogP contribution in [-0.2, 0) is 6.42 Å². The van der Waals surface area contributed by atoms with Gasteiger partial charge in [0.2, 0.25) is 0 Å². The molecule has 0 bridgehead atoms. The van der Waals surface area contributed by atoms with E-state index in [9.17, 15) is 0 Å². The summed E-state index contributed by atoms with van der Waals surface area (Å²) in [5, 5.41) is 0. The molecule has 3 N–H and O–H groups in total. The first-order valence-corrected chi connectivity index (χ1v) is 6.19. The van der Waals surface area contributed by atoms with Gasteiger partial charge < -0.3 is 15.5 Å². The summed E-state index contributed by atoms with van der Waals surface area (Å²) in [6.07, 6.45) is 2.85. The zero-order chi connectivity index (χ0) is 12.7. The summed E-state index contributed by atoms with van der Waals surface area (Å²) in [6, 6.07) is 4.31. The van der Waals surface area contributed by atoms with Gasteiger partial charge in [0.1, 0.15) is 17.7 Å². The first kappa shape index (κ1) is 11.3. The number of fused-ring (bicyclic) bond motifs is 1. The maximum absolute atomic E-state index is 5.93. The number of nitrogens with one attached hydrogen (secondary N) is 1. The van der Waals surface area contributed by atoms with Gasteiger partial charge in [0.05, 0.1) is 11.9 Å². The smallest absolute Gasteiger partial charge is 0.132 e. The molecule has 2 heterocycles. The van der Waals surface area contributed by atoms with Crippen molar-refractivity contribution in [2.45, 2.75) is 26.4 Å². The minimum Gasteiger partial charge on any atom is -0.488 e. The Kier molecular flexibility index (Phi) is 2.59. The Bertz CT molecular complexity index is 589. The van der Waals surface area contributed by atoms with E-state index in [1.54, 1.807) is 0 Å². The van der Waals surface area contributed by atoms with Gasteiger partial charge in [-0.25, -0.2) is 4.98 Å². The topological polar surface area (TPSA) is 63.9 Å². The quantitative estimate of drug-likeness (QED) is 0.847. The number of aryl methyl sites for hydroxylation is 2. The first-order valence-electron chi connectivity index (χ1n) is 6.19. The highest BCUT2D eigenvalue weighted by Gasteiger charge is 2.25. The van der Waals surface area contributed by atoms with Gasteiger partial charge in [-0.2, -0.15) is 0 Å². The highest BCUT2D eigenvalue weighted by molar-refractivity contribution is 5.71. The Labute approximate surface area is 106 Å². The molecule has 0 radical (unpaired) electrons. The van der Waals surface area contributed by atoms with Gasteiger partial charge in [0.15, 0.2) is 0 Å². The summed E-state index contributed by atoms with van der Waals surface area (Å²) in [4.78, 5) is 7.51. The number of imidazole rings is 1. The van der Waals surface area contributed by atoms with E-state index >= 15 is 0 Å². The average Bonchev–Trinajstić information content (AvgIpc) is 2.93. The van der Waals surface area contributed by atoms with Crippen LogP contribution < -0.4 is 10.5 Å². The molecule has 18 heavy (non-hydrogen) atoms. The van der Waals surface area contributed by atoms with Gasteiger partial charge in [0, 0.05) is 18.5 Å². The Balaban J connectivity index is 2.11. The molecule has 1 atom stereocenters. The number of hydrogen-bond donors (Lipinski definition) is 2. The number of benzene rings is 1. The maximum atomic E-state index is 5.93. The summed E-state index contributed by atoms with van der Waals surface area (Å²) < 4.78 is 5.93. The lowest BCUT2D eigenvalue weighted by Crippen LogP contribution is -2.24. The number of nitrogens with two attached hydrogens (primary N) is 1. The van der Waals surface area contributed by atoms with Gasteiger partial charge in [-0.3, -0.25) is 0 Å².